The molecule has 0 radical (unpaired) electrons. The van der Waals surface area contributed by atoms with Crippen molar-refractivity contribution in [1.82, 2.24) is 9.97 Å². The maximum absolute atomic E-state index is 11.6. The van der Waals surface area contributed by atoms with Crippen LogP contribution in [0.15, 0.2) is 41.1 Å². The number of amides is 1. The number of anilines is 1. The van der Waals surface area contributed by atoms with Crippen LogP contribution in [-0.4, -0.2) is 16.1 Å². The van der Waals surface area contributed by atoms with Gasteiger partial charge in [0.05, 0.1) is 10.2 Å². The molecular weight excluding hydrogens is 310 g/mol. The second kappa shape index (κ2) is 6.29. The summed E-state index contributed by atoms with van der Waals surface area (Å²) in [7, 11) is 0. The van der Waals surface area contributed by atoms with E-state index >= 15 is 0 Å². The van der Waals surface area contributed by atoms with Crippen molar-refractivity contribution in [2.24, 2.45) is 0 Å². The number of nitrogens with zero attached hydrogens (tertiary/aromatic N) is 2. The number of carbonyl (C=O) groups excluding carboxylic acids is 1. The Morgan fingerprint density at radius 1 is 1.32 bits per heavy atom. The number of carbonyl (C=O) groups is 1. The SMILES string of the molecule is Cc1ncnc(NC(=O)OCc2ccccc2)c1Br. The maximum atomic E-state index is 11.6. The van der Waals surface area contributed by atoms with Crippen molar-refractivity contribution < 1.29 is 9.53 Å². The molecular formula is C13H12BrN3O2. The summed E-state index contributed by atoms with van der Waals surface area (Å²) in [5.74, 6) is 0.394. The van der Waals surface area contributed by atoms with Gasteiger partial charge in [0.2, 0.25) is 0 Å². The molecule has 0 fully saturated rings. The lowest BCUT2D eigenvalue weighted by Crippen LogP contribution is -2.15. The molecule has 1 heterocycles. The lowest BCUT2D eigenvalue weighted by Gasteiger charge is -2.08. The summed E-state index contributed by atoms with van der Waals surface area (Å²) in [5, 5.41) is 2.56. The molecule has 19 heavy (non-hydrogen) atoms. The molecule has 5 nitrogen and oxygen atoms in total. The second-order valence-electron chi connectivity index (χ2n) is 3.81. The molecule has 2 rings (SSSR count). The van der Waals surface area contributed by atoms with Gasteiger partial charge < -0.3 is 4.74 Å². The van der Waals surface area contributed by atoms with E-state index in [0.29, 0.717) is 10.3 Å². The van der Waals surface area contributed by atoms with Crippen molar-refractivity contribution in [2.45, 2.75) is 13.5 Å². The predicted octanol–water partition coefficient (Wildman–Crippen LogP) is 3.30. The van der Waals surface area contributed by atoms with E-state index in [0.717, 1.165) is 11.3 Å². The van der Waals surface area contributed by atoms with E-state index in [1.807, 2.05) is 37.3 Å². The van der Waals surface area contributed by atoms with Crippen LogP contribution >= 0.6 is 15.9 Å². The monoisotopic (exact) mass is 321 g/mol. The van der Waals surface area contributed by atoms with E-state index in [2.05, 4.69) is 31.2 Å². The molecule has 0 aliphatic carbocycles. The molecule has 0 bridgehead atoms. The van der Waals surface area contributed by atoms with E-state index in [-0.39, 0.29) is 6.61 Å². The van der Waals surface area contributed by atoms with Crippen LogP contribution in [0.25, 0.3) is 0 Å². The zero-order valence-corrected chi connectivity index (χ0v) is 11.8. The van der Waals surface area contributed by atoms with E-state index in [9.17, 15) is 4.79 Å². The molecule has 0 aliphatic rings. The molecule has 0 saturated carbocycles. The highest BCUT2D eigenvalue weighted by Gasteiger charge is 2.09. The first kappa shape index (κ1) is 13.5. The molecule has 1 aromatic carbocycles. The van der Waals surface area contributed by atoms with Gasteiger partial charge >= 0.3 is 6.09 Å². The minimum Gasteiger partial charge on any atom is -0.444 e. The topological polar surface area (TPSA) is 64.1 Å². The molecule has 0 unspecified atom stereocenters. The molecule has 0 saturated heterocycles. The number of halogens is 1. The lowest BCUT2D eigenvalue weighted by atomic mass is 10.2. The van der Waals surface area contributed by atoms with Crippen LogP contribution in [0.4, 0.5) is 10.6 Å². The Morgan fingerprint density at radius 2 is 2.05 bits per heavy atom. The van der Waals surface area contributed by atoms with Gasteiger partial charge in [-0.3, -0.25) is 5.32 Å². The van der Waals surface area contributed by atoms with Crippen LogP contribution < -0.4 is 5.32 Å². The molecule has 0 spiro atoms. The van der Waals surface area contributed by atoms with Crippen LogP contribution in [0.5, 0.6) is 0 Å². The summed E-state index contributed by atoms with van der Waals surface area (Å²) in [6.07, 6.45) is 0.829. The van der Waals surface area contributed by atoms with Crippen LogP contribution in [0.3, 0.4) is 0 Å². The normalized spacial score (nSPS) is 10.0. The van der Waals surface area contributed by atoms with Gasteiger partial charge in [0.1, 0.15) is 12.9 Å². The number of hydrogen-bond acceptors (Lipinski definition) is 4. The fraction of sp³-hybridized carbons (Fsp3) is 0.154. The standard InChI is InChI=1S/C13H12BrN3O2/c1-9-11(14)12(16-8-15-9)17-13(18)19-7-10-5-3-2-4-6-10/h2-6,8H,7H2,1H3,(H,15,16,17,18). The Labute approximate surface area is 119 Å². The van der Waals surface area contributed by atoms with Gasteiger partial charge in [0, 0.05) is 0 Å². The average Bonchev–Trinajstić information content (AvgIpc) is 2.43. The van der Waals surface area contributed by atoms with Crippen LogP contribution in [0.1, 0.15) is 11.3 Å². The van der Waals surface area contributed by atoms with Gasteiger partial charge in [-0.2, -0.15) is 0 Å². The third-order valence-corrected chi connectivity index (χ3v) is 3.35. The molecule has 0 atom stereocenters. The van der Waals surface area contributed by atoms with E-state index in [1.165, 1.54) is 6.33 Å². The highest BCUT2D eigenvalue weighted by atomic mass is 79.9. The minimum atomic E-state index is -0.553. The Balaban J connectivity index is 1.93. The van der Waals surface area contributed by atoms with Crippen molar-refractivity contribution in [1.29, 1.82) is 0 Å². The summed E-state index contributed by atoms with van der Waals surface area (Å²) in [6.45, 7) is 2.03. The van der Waals surface area contributed by atoms with Crippen LogP contribution in [0, 0.1) is 6.92 Å². The Bertz CT molecular complexity index is 575. The Kier molecular flexibility index (Phi) is 4.46. The van der Waals surface area contributed by atoms with Crippen LogP contribution in [0.2, 0.25) is 0 Å². The zero-order valence-electron chi connectivity index (χ0n) is 10.3. The van der Waals surface area contributed by atoms with Crippen molar-refractivity contribution in [3.05, 3.63) is 52.4 Å². The largest absolute Gasteiger partial charge is 0.444 e. The lowest BCUT2D eigenvalue weighted by molar-refractivity contribution is 0.155. The van der Waals surface area contributed by atoms with Gasteiger partial charge in [0.25, 0.3) is 0 Å². The van der Waals surface area contributed by atoms with Crippen molar-refractivity contribution in [2.75, 3.05) is 5.32 Å². The number of hydrogen-bond donors (Lipinski definition) is 1. The minimum absolute atomic E-state index is 0.217. The number of ether oxygens (including phenoxy) is 1. The quantitative estimate of drug-likeness (QED) is 0.942. The first-order valence-corrected chi connectivity index (χ1v) is 6.41. The van der Waals surface area contributed by atoms with Crippen LogP contribution in [-0.2, 0) is 11.3 Å². The number of benzene rings is 1. The molecule has 2 aromatic rings. The fourth-order valence-corrected chi connectivity index (χ4v) is 1.70. The van der Waals surface area contributed by atoms with Gasteiger partial charge in [-0.15, -0.1) is 0 Å². The molecule has 0 aliphatic heterocycles. The first-order valence-electron chi connectivity index (χ1n) is 5.61. The molecule has 1 amide bonds. The Hall–Kier alpha value is -1.95. The number of aryl methyl sites for hydroxylation is 1. The van der Waals surface area contributed by atoms with Crippen molar-refractivity contribution in [3.8, 4) is 0 Å². The fourth-order valence-electron chi connectivity index (χ4n) is 1.40. The molecule has 1 N–H and O–H groups in total. The smallest absolute Gasteiger partial charge is 0.413 e. The Morgan fingerprint density at radius 3 is 2.79 bits per heavy atom. The van der Waals surface area contributed by atoms with Crippen molar-refractivity contribution in [3.63, 3.8) is 0 Å². The van der Waals surface area contributed by atoms with E-state index in [1.54, 1.807) is 0 Å². The van der Waals surface area contributed by atoms with Gasteiger partial charge in [0.15, 0.2) is 5.82 Å². The molecule has 98 valence electrons. The van der Waals surface area contributed by atoms with E-state index < -0.39 is 6.09 Å². The summed E-state index contributed by atoms with van der Waals surface area (Å²) in [4.78, 5) is 19.6. The predicted molar refractivity (Wildman–Crippen MR) is 74.7 cm³/mol. The van der Waals surface area contributed by atoms with Crippen molar-refractivity contribution >= 4 is 27.8 Å². The molecule has 1 aromatic heterocycles. The summed E-state index contributed by atoms with van der Waals surface area (Å²) in [6, 6.07) is 9.46. The number of aromatic nitrogens is 2. The first-order chi connectivity index (χ1) is 9.16. The van der Waals surface area contributed by atoms with E-state index in [4.69, 9.17) is 4.74 Å². The number of nitrogens with one attached hydrogen (secondary N) is 1. The van der Waals surface area contributed by atoms with Gasteiger partial charge in [-0.25, -0.2) is 14.8 Å². The molecule has 6 heteroatoms. The average molecular weight is 322 g/mol. The number of rotatable bonds is 3. The maximum Gasteiger partial charge on any atom is 0.413 e. The third kappa shape index (κ3) is 3.75. The summed E-state index contributed by atoms with van der Waals surface area (Å²) >= 11 is 3.31. The highest BCUT2D eigenvalue weighted by Crippen LogP contribution is 2.21. The zero-order chi connectivity index (χ0) is 13.7. The summed E-state index contributed by atoms with van der Waals surface area (Å²) < 4.78 is 5.74. The highest BCUT2D eigenvalue weighted by molar-refractivity contribution is 9.10. The third-order valence-electron chi connectivity index (χ3n) is 2.40. The van der Waals surface area contributed by atoms with Gasteiger partial charge in [-0.1, -0.05) is 30.3 Å². The second-order valence-corrected chi connectivity index (χ2v) is 4.60. The summed E-state index contributed by atoms with van der Waals surface area (Å²) in [5.41, 5.74) is 1.67. The van der Waals surface area contributed by atoms with Gasteiger partial charge in [-0.05, 0) is 28.4 Å².